The maximum absolute atomic E-state index is 12.9. The smallest absolute Gasteiger partial charge is 0.395 e. The number of halogens is 2. The average Bonchev–Trinajstić information content (AvgIpc) is 2.68. The minimum atomic E-state index is -3.57. The van der Waals surface area contributed by atoms with E-state index in [4.69, 9.17) is 0 Å². The zero-order chi connectivity index (χ0) is 15.0. The molecular formula is C16H15F2NO2. The monoisotopic (exact) mass is 291 g/mol. The highest BCUT2D eigenvalue weighted by Gasteiger charge is 2.43. The molecule has 0 unspecified atom stereocenters. The number of aryl methyl sites for hydroxylation is 2. The van der Waals surface area contributed by atoms with Gasteiger partial charge < -0.3 is 14.8 Å². The second-order valence-electron chi connectivity index (χ2n) is 5.18. The Morgan fingerprint density at radius 2 is 1.62 bits per heavy atom. The molecule has 0 spiro atoms. The molecule has 0 amide bonds. The van der Waals surface area contributed by atoms with Crippen LogP contribution in [0.3, 0.4) is 0 Å². The Morgan fingerprint density at radius 1 is 0.952 bits per heavy atom. The summed E-state index contributed by atoms with van der Waals surface area (Å²) in [6.07, 6.45) is -3.57. The van der Waals surface area contributed by atoms with E-state index in [0.29, 0.717) is 12.2 Å². The van der Waals surface area contributed by atoms with E-state index in [2.05, 4.69) is 33.0 Å². The molecule has 1 heterocycles. The van der Waals surface area contributed by atoms with Gasteiger partial charge in [0.1, 0.15) is 0 Å². The van der Waals surface area contributed by atoms with Crippen molar-refractivity contribution >= 4 is 5.69 Å². The maximum Gasteiger partial charge on any atom is 0.586 e. The molecule has 0 bridgehead atoms. The van der Waals surface area contributed by atoms with Crippen LogP contribution in [0.4, 0.5) is 14.5 Å². The molecule has 3 nitrogen and oxygen atoms in total. The molecule has 3 rings (SSSR count). The molecule has 0 aromatic heterocycles. The summed E-state index contributed by atoms with van der Waals surface area (Å²) in [7, 11) is 0. The van der Waals surface area contributed by atoms with Crippen molar-refractivity contribution in [3.05, 3.63) is 53.1 Å². The van der Waals surface area contributed by atoms with Gasteiger partial charge in [-0.1, -0.05) is 29.3 Å². The molecule has 1 N–H and O–H groups in total. The predicted molar refractivity (Wildman–Crippen MR) is 75.9 cm³/mol. The van der Waals surface area contributed by atoms with Crippen LogP contribution in [0.25, 0.3) is 0 Å². The summed E-state index contributed by atoms with van der Waals surface area (Å²) in [5.41, 5.74) is 4.22. The van der Waals surface area contributed by atoms with Gasteiger partial charge in [-0.3, -0.25) is 0 Å². The van der Waals surface area contributed by atoms with Gasteiger partial charge in [0.25, 0.3) is 0 Å². The zero-order valence-electron chi connectivity index (χ0n) is 11.7. The quantitative estimate of drug-likeness (QED) is 0.917. The Labute approximate surface area is 121 Å². The third-order valence-corrected chi connectivity index (χ3v) is 3.18. The van der Waals surface area contributed by atoms with E-state index in [-0.39, 0.29) is 11.5 Å². The van der Waals surface area contributed by atoms with Gasteiger partial charge in [-0.2, -0.15) is 0 Å². The highest BCUT2D eigenvalue weighted by molar-refractivity contribution is 5.56. The SMILES string of the molecule is Cc1cc(C)cc(CNc2ccc3c(c2)OC(F)(F)O3)c1. The van der Waals surface area contributed by atoms with Crippen molar-refractivity contribution in [2.24, 2.45) is 0 Å². The fourth-order valence-corrected chi connectivity index (χ4v) is 2.43. The van der Waals surface area contributed by atoms with E-state index in [1.54, 1.807) is 6.07 Å². The Balaban J connectivity index is 1.72. The van der Waals surface area contributed by atoms with E-state index >= 15 is 0 Å². The van der Waals surface area contributed by atoms with Gasteiger partial charge >= 0.3 is 6.29 Å². The summed E-state index contributed by atoms with van der Waals surface area (Å²) in [5, 5.41) is 3.19. The van der Waals surface area contributed by atoms with Crippen LogP contribution in [0, 0.1) is 13.8 Å². The molecule has 2 aromatic rings. The molecule has 0 saturated carbocycles. The molecule has 1 aliphatic heterocycles. The van der Waals surface area contributed by atoms with Crippen LogP contribution in [0.5, 0.6) is 11.5 Å². The summed E-state index contributed by atoms with van der Waals surface area (Å²) in [5.74, 6) is 0.0994. The van der Waals surface area contributed by atoms with Crippen LogP contribution in [-0.2, 0) is 6.54 Å². The van der Waals surface area contributed by atoms with Crippen molar-refractivity contribution in [3.8, 4) is 11.5 Å². The van der Waals surface area contributed by atoms with Gasteiger partial charge in [0.15, 0.2) is 11.5 Å². The van der Waals surface area contributed by atoms with Crippen molar-refractivity contribution < 1.29 is 18.3 Å². The van der Waals surface area contributed by atoms with Gasteiger partial charge in [-0.25, -0.2) is 0 Å². The van der Waals surface area contributed by atoms with Crippen molar-refractivity contribution in [2.75, 3.05) is 5.32 Å². The molecule has 2 aromatic carbocycles. The van der Waals surface area contributed by atoms with E-state index in [9.17, 15) is 8.78 Å². The van der Waals surface area contributed by atoms with Gasteiger partial charge in [0.2, 0.25) is 0 Å². The standard InChI is InChI=1S/C16H15F2NO2/c1-10-5-11(2)7-12(6-10)9-19-13-3-4-14-15(8-13)21-16(17,18)20-14/h3-8,19H,9H2,1-2H3. The number of hydrogen-bond donors (Lipinski definition) is 1. The predicted octanol–water partition coefficient (Wildman–Crippen LogP) is 4.24. The number of anilines is 1. The lowest BCUT2D eigenvalue weighted by molar-refractivity contribution is -0.286. The first kappa shape index (κ1) is 13.7. The Morgan fingerprint density at radius 3 is 2.33 bits per heavy atom. The van der Waals surface area contributed by atoms with Gasteiger partial charge in [-0.05, 0) is 31.5 Å². The number of nitrogens with one attached hydrogen (secondary N) is 1. The van der Waals surface area contributed by atoms with Crippen LogP contribution in [0.1, 0.15) is 16.7 Å². The van der Waals surface area contributed by atoms with Crippen LogP contribution >= 0.6 is 0 Å². The van der Waals surface area contributed by atoms with Crippen molar-refractivity contribution in [1.82, 2.24) is 0 Å². The van der Waals surface area contributed by atoms with E-state index in [1.165, 1.54) is 23.3 Å². The second kappa shape index (κ2) is 4.91. The van der Waals surface area contributed by atoms with E-state index < -0.39 is 6.29 Å². The first-order valence-corrected chi connectivity index (χ1v) is 6.62. The number of fused-ring (bicyclic) bond motifs is 1. The third-order valence-electron chi connectivity index (χ3n) is 3.18. The second-order valence-corrected chi connectivity index (χ2v) is 5.18. The Kier molecular flexibility index (Phi) is 3.20. The number of hydrogen-bond acceptors (Lipinski definition) is 3. The highest BCUT2D eigenvalue weighted by Crippen LogP contribution is 2.42. The highest BCUT2D eigenvalue weighted by atomic mass is 19.3. The van der Waals surface area contributed by atoms with Crippen molar-refractivity contribution in [3.63, 3.8) is 0 Å². The summed E-state index contributed by atoms with van der Waals surface area (Å²) in [6, 6.07) is 10.9. The lowest BCUT2D eigenvalue weighted by Gasteiger charge is -2.09. The number of alkyl halides is 2. The van der Waals surface area contributed by atoms with Crippen molar-refractivity contribution in [2.45, 2.75) is 26.7 Å². The van der Waals surface area contributed by atoms with Gasteiger partial charge in [0.05, 0.1) is 0 Å². The topological polar surface area (TPSA) is 30.5 Å². The van der Waals surface area contributed by atoms with Crippen LogP contribution in [0.15, 0.2) is 36.4 Å². The van der Waals surface area contributed by atoms with Crippen LogP contribution in [-0.4, -0.2) is 6.29 Å². The maximum atomic E-state index is 12.9. The fraction of sp³-hybridized carbons (Fsp3) is 0.250. The van der Waals surface area contributed by atoms with Crippen LogP contribution in [0.2, 0.25) is 0 Å². The van der Waals surface area contributed by atoms with Gasteiger partial charge in [0, 0.05) is 18.3 Å². The number of benzene rings is 2. The molecule has 21 heavy (non-hydrogen) atoms. The lowest BCUT2D eigenvalue weighted by atomic mass is 10.1. The molecule has 0 radical (unpaired) electrons. The molecule has 1 aliphatic rings. The summed E-state index contributed by atoms with van der Waals surface area (Å²) in [6.45, 7) is 4.69. The number of rotatable bonds is 3. The summed E-state index contributed by atoms with van der Waals surface area (Å²) >= 11 is 0. The minimum absolute atomic E-state index is 0.0467. The largest absolute Gasteiger partial charge is 0.586 e. The Hall–Kier alpha value is -2.30. The molecule has 0 saturated heterocycles. The molecule has 5 heteroatoms. The molecular weight excluding hydrogens is 276 g/mol. The number of ether oxygens (including phenoxy) is 2. The molecule has 110 valence electrons. The first-order chi connectivity index (χ1) is 9.91. The molecule has 0 aliphatic carbocycles. The molecule has 0 fully saturated rings. The Bertz CT molecular complexity index is 666. The third kappa shape index (κ3) is 3.07. The van der Waals surface area contributed by atoms with Crippen molar-refractivity contribution in [1.29, 1.82) is 0 Å². The zero-order valence-corrected chi connectivity index (χ0v) is 11.7. The normalized spacial score (nSPS) is 15.0. The average molecular weight is 291 g/mol. The van der Waals surface area contributed by atoms with E-state index in [0.717, 1.165) is 5.56 Å². The lowest BCUT2D eigenvalue weighted by Crippen LogP contribution is -2.25. The fourth-order valence-electron chi connectivity index (χ4n) is 2.43. The molecule has 0 atom stereocenters. The van der Waals surface area contributed by atoms with E-state index in [1.807, 2.05) is 13.8 Å². The van der Waals surface area contributed by atoms with Gasteiger partial charge in [-0.15, -0.1) is 8.78 Å². The first-order valence-electron chi connectivity index (χ1n) is 6.62. The van der Waals surface area contributed by atoms with Crippen LogP contribution < -0.4 is 14.8 Å². The summed E-state index contributed by atoms with van der Waals surface area (Å²) in [4.78, 5) is 0. The summed E-state index contributed by atoms with van der Waals surface area (Å²) < 4.78 is 34.7. The minimum Gasteiger partial charge on any atom is -0.395 e.